The summed E-state index contributed by atoms with van der Waals surface area (Å²) in [5.41, 5.74) is 6.99. The number of hydrogen-bond acceptors (Lipinski definition) is 4. The molecule has 21 heavy (non-hydrogen) atoms. The van der Waals surface area contributed by atoms with Gasteiger partial charge < -0.3 is 20.1 Å². The van der Waals surface area contributed by atoms with Crippen LogP contribution in [0.5, 0.6) is 5.75 Å². The molecule has 0 saturated carbocycles. The number of rotatable bonds is 5. The van der Waals surface area contributed by atoms with Gasteiger partial charge >= 0.3 is 0 Å². The first kappa shape index (κ1) is 15.6. The molecule has 2 rings (SSSR count). The van der Waals surface area contributed by atoms with Crippen LogP contribution in [0.15, 0.2) is 18.2 Å². The molecule has 0 aromatic heterocycles. The van der Waals surface area contributed by atoms with E-state index in [1.807, 2.05) is 11.8 Å². The fraction of sp³-hybridized carbons (Fsp3) is 0.562. The molecule has 1 aliphatic heterocycles. The number of benzene rings is 1. The van der Waals surface area contributed by atoms with Crippen LogP contribution in [0.25, 0.3) is 0 Å². The molecule has 2 N–H and O–H groups in total. The number of likely N-dealkylation sites (tertiary alicyclic amines) is 1. The van der Waals surface area contributed by atoms with Crippen molar-refractivity contribution in [3.63, 3.8) is 0 Å². The SMILES string of the molecule is CCOc1c(N)cccc1C(=O)N1CCCC(COC)C1. The van der Waals surface area contributed by atoms with Crippen molar-refractivity contribution in [1.82, 2.24) is 4.90 Å². The molecule has 5 heteroatoms. The maximum Gasteiger partial charge on any atom is 0.257 e. The summed E-state index contributed by atoms with van der Waals surface area (Å²) in [4.78, 5) is 14.6. The number of piperidine rings is 1. The number of methoxy groups -OCH3 is 1. The zero-order valence-electron chi connectivity index (χ0n) is 12.8. The van der Waals surface area contributed by atoms with Gasteiger partial charge in [-0.05, 0) is 37.8 Å². The maximum atomic E-state index is 12.7. The van der Waals surface area contributed by atoms with Gasteiger partial charge in [0.25, 0.3) is 5.91 Å². The van der Waals surface area contributed by atoms with E-state index in [-0.39, 0.29) is 5.91 Å². The van der Waals surface area contributed by atoms with E-state index in [9.17, 15) is 4.79 Å². The van der Waals surface area contributed by atoms with Gasteiger partial charge in [0.15, 0.2) is 5.75 Å². The molecule has 116 valence electrons. The molecule has 1 amide bonds. The molecule has 0 bridgehead atoms. The highest BCUT2D eigenvalue weighted by atomic mass is 16.5. The van der Waals surface area contributed by atoms with E-state index in [1.165, 1.54) is 0 Å². The Kier molecular flexibility index (Phi) is 5.44. The summed E-state index contributed by atoms with van der Waals surface area (Å²) in [5, 5.41) is 0. The third-order valence-electron chi connectivity index (χ3n) is 3.77. The Morgan fingerprint density at radius 2 is 2.29 bits per heavy atom. The molecule has 1 aromatic rings. The summed E-state index contributed by atoms with van der Waals surface area (Å²) in [7, 11) is 1.70. The lowest BCUT2D eigenvalue weighted by atomic mass is 9.98. The molecule has 0 spiro atoms. The zero-order valence-corrected chi connectivity index (χ0v) is 12.8. The molecular formula is C16H24N2O3. The lowest BCUT2D eigenvalue weighted by Gasteiger charge is -2.32. The fourth-order valence-corrected chi connectivity index (χ4v) is 2.82. The topological polar surface area (TPSA) is 64.8 Å². The number of ether oxygens (including phenoxy) is 2. The Labute approximate surface area is 126 Å². The van der Waals surface area contributed by atoms with Gasteiger partial charge in [0.1, 0.15) is 0 Å². The molecule has 0 radical (unpaired) electrons. The average Bonchev–Trinajstić information content (AvgIpc) is 2.49. The van der Waals surface area contributed by atoms with E-state index in [1.54, 1.807) is 25.3 Å². The van der Waals surface area contributed by atoms with Crippen LogP contribution in [0.4, 0.5) is 5.69 Å². The number of para-hydroxylation sites is 1. The normalized spacial score (nSPS) is 18.6. The number of anilines is 1. The van der Waals surface area contributed by atoms with Crippen LogP contribution in [-0.4, -0.2) is 44.2 Å². The van der Waals surface area contributed by atoms with Crippen molar-refractivity contribution in [3.8, 4) is 5.75 Å². The van der Waals surface area contributed by atoms with E-state index >= 15 is 0 Å². The second-order valence-corrected chi connectivity index (χ2v) is 5.37. The number of hydrogen-bond donors (Lipinski definition) is 1. The van der Waals surface area contributed by atoms with Crippen LogP contribution in [0.1, 0.15) is 30.1 Å². The predicted molar refractivity (Wildman–Crippen MR) is 82.5 cm³/mol. The van der Waals surface area contributed by atoms with Crippen molar-refractivity contribution in [1.29, 1.82) is 0 Å². The third kappa shape index (κ3) is 3.67. The van der Waals surface area contributed by atoms with Crippen molar-refractivity contribution < 1.29 is 14.3 Å². The largest absolute Gasteiger partial charge is 0.491 e. The van der Waals surface area contributed by atoms with Gasteiger partial charge in [0.05, 0.1) is 24.5 Å². The van der Waals surface area contributed by atoms with Crippen LogP contribution in [0.2, 0.25) is 0 Å². The lowest BCUT2D eigenvalue weighted by molar-refractivity contribution is 0.0567. The second-order valence-electron chi connectivity index (χ2n) is 5.37. The summed E-state index contributed by atoms with van der Waals surface area (Å²) in [6, 6.07) is 5.33. The Balaban J connectivity index is 2.17. The van der Waals surface area contributed by atoms with E-state index in [2.05, 4.69) is 0 Å². The molecule has 1 aromatic carbocycles. The summed E-state index contributed by atoms with van der Waals surface area (Å²) in [6.07, 6.45) is 2.11. The highest BCUT2D eigenvalue weighted by Crippen LogP contribution is 2.29. The van der Waals surface area contributed by atoms with Crippen LogP contribution in [0, 0.1) is 5.92 Å². The van der Waals surface area contributed by atoms with Crippen LogP contribution in [0.3, 0.4) is 0 Å². The summed E-state index contributed by atoms with van der Waals surface area (Å²) >= 11 is 0. The van der Waals surface area contributed by atoms with E-state index in [0.29, 0.717) is 36.1 Å². The van der Waals surface area contributed by atoms with Gasteiger partial charge in [0, 0.05) is 20.2 Å². The van der Waals surface area contributed by atoms with Crippen LogP contribution >= 0.6 is 0 Å². The summed E-state index contributed by atoms with van der Waals surface area (Å²) in [6.45, 7) is 4.57. The van der Waals surface area contributed by atoms with Crippen molar-refractivity contribution in [2.24, 2.45) is 5.92 Å². The van der Waals surface area contributed by atoms with Crippen molar-refractivity contribution >= 4 is 11.6 Å². The number of carbonyl (C=O) groups is 1. The minimum atomic E-state index is -0.00782. The first-order valence-electron chi connectivity index (χ1n) is 7.46. The van der Waals surface area contributed by atoms with E-state index < -0.39 is 0 Å². The fourth-order valence-electron chi connectivity index (χ4n) is 2.82. The minimum Gasteiger partial charge on any atom is -0.491 e. The molecule has 1 saturated heterocycles. The first-order chi connectivity index (χ1) is 10.2. The molecule has 5 nitrogen and oxygen atoms in total. The van der Waals surface area contributed by atoms with Gasteiger partial charge in [-0.3, -0.25) is 4.79 Å². The van der Waals surface area contributed by atoms with Crippen LogP contribution < -0.4 is 10.5 Å². The average molecular weight is 292 g/mol. The maximum absolute atomic E-state index is 12.7. The van der Waals surface area contributed by atoms with Gasteiger partial charge in [-0.15, -0.1) is 0 Å². The third-order valence-corrected chi connectivity index (χ3v) is 3.77. The zero-order chi connectivity index (χ0) is 15.2. The molecular weight excluding hydrogens is 268 g/mol. The molecule has 1 aliphatic rings. The number of amides is 1. The number of nitrogens with two attached hydrogens (primary N) is 1. The van der Waals surface area contributed by atoms with Crippen LogP contribution in [-0.2, 0) is 4.74 Å². The standard InChI is InChI=1S/C16H24N2O3/c1-3-21-15-13(7-4-8-14(15)17)16(19)18-9-5-6-12(10-18)11-20-2/h4,7-8,12H,3,5-6,9-11,17H2,1-2H3. The second kappa shape index (κ2) is 7.31. The molecule has 1 heterocycles. The van der Waals surface area contributed by atoms with Crippen molar-refractivity contribution in [2.75, 3.05) is 39.1 Å². The van der Waals surface area contributed by atoms with Crippen molar-refractivity contribution in [2.45, 2.75) is 19.8 Å². The lowest BCUT2D eigenvalue weighted by Crippen LogP contribution is -2.41. The summed E-state index contributed by atoms with van der Waals surface area (Å²) < 4.78 is 10.8. The first-order valence-corrected chi connectivity index (χ1v) is 7.46. The summed E-state index contributed by atoms with van der Waals surface area (Å²) in [5.74, 6) is 0.898. The number of carbonyl (C=O) groups excluding carboxylic acids is 1. The Morgan fingerprint density at radius 3 is 3.00 bits per heavy atom. The predicted octanol–water partition coefficient (Wildman–Crippen LogP) is 2.17. The van der Waals surface area contributed by atoms with Gasteiger partial charge in [-0.25, -0.2) is 0 Å². The smallest absolute Gasteiger partial charge is 0.257 e. The number of nitrogens with zero attached hydrogens (tertiary/aromatic N) is 1. The highest BCUT2D eigenvalue weighted by Gasteiger charge is 2.26. The van der Waals surface area contributed by atoms with Gasteiger partial charge in [0.2, 0.25) is 0 Å². The Hall–Kier alpha value is -1.75. The molecule has 1 fully saturated rings. The Bertz CT molecular complexity index is 488. The van der Waals surface area contributed by atoms with Crippen molar-refractivity contribution in [3.05, 3.63) is 23.8 Å². The quantitative estimate of drug-likeness (QED) is 0.845. The van der Waals surface area contributed by atoms with E-state index in [4.69, 9.17) is 15.2 Å². The minimum absolute atomic E-state index is 0.00782. The van der Waals surface area contributed by atoms with Gasteiger partial charge in [-0.2, -0.15) is 0 Å². The molecule has 1 unspecified atom stereocenters. The highest BCUT2D eigenvalue weighted by molar-refractivity contribution is 5.98. The molecule has 1 atom stereocenters. The Morgan fingerprint density at radius 1 is 1.48 bits per heavy atom. The monoisotopic (exact) mass is 292 g/mol. The van der Waals surface area contributed by atoms with E-state index in [0.717, 1.165) is 25.9 Å². The van der Waals surface area contributed by atoms with Gasteiger partial charge in [-0.1, -0.05) is 6.07 Å². The molecule has 0 aliphatic carbocycles. The number of nitrogen functional groups attached to an aromatic ring is 1.